The van der Waals surface area contributed by atoms with Gasteiger partial charge >= 0.3 is 0 Å². The average molecular weight is 380 g/mol. The molecule has 0 saturated carbocycles. The largest absolute Gasteiger partial charge is 0.368 e. The third-order valence-electron chi connectivity index (χ3n) is 5.25. The molecule has 3 aromatic rings. The highest BCUT2D eigenvalue weighted by Crippen LogP contribution is 2.36. The second-order valence-corrected chi connectivity index (χ2v) is 7.11. The summed E-state index contributed by atoms with van der Waals surface area (Å²) in [5, 5.41) is 0. The van der Waals surface area contributed by atoms with E-state index in [1.807, 2.05) is 18.2 Å². The zero-order valence-electron chi connectivity index (χ0n) is 15.5. The highest BCUT2D eigenvalue weighted by molar-refractivity contribution is 5.66. The molecule has 6 heteroatoms. The molecule has 2 N–H and O–H groups in total. The second kappa shape index (κ2) is 8.02. The van der Waals surface area contributed by atoms with E-state index in [0.717, 1.165) is 54.7 Å². The van der Waals surface area contributed by atoms with Crippen molar-refractivity contribution >= 4 is 5.95 Å². The molecule has 0 bridgehead atoms. The number of nitrogen functional groups attached to an aromatic ring is 1. The molecular formula is C22H22F2N4. The van der Waals surface area contributed by atoms with Crippen molar-refractivity contribution in [3.63, 3.8) is 0 Å². The Hall–Kier alpha value is -2.86. The van der Waals surface area contributed by atoms with Crippen molar-refractivity contribution in [2.24, 2.45) is 0 Å². The zero-order valence-corrected chi connectivity index (χ0v) is 15.5. The van der Waals surface area contributed by atoms with Crippen molar-refractivity contribution in [3.8, 4) is 11.1 Å². The number of likely N-dealkylation sites (tertiary alicyclic amines) is 1. The van der Waals surface area contributed by atoms with Crippen LogP contribution in [0.4, 0.5) is 14.7 Å². The Kier molecular flexibility index (Phi) is 5.30. The van der Waals surface area contributed by atoms with Gasteiger partial charge in [0.2, 0.25) is 5.95 Å². The lowest BCUT2D eigenvalue weighted by Crippen LogP contribution is -2.27. The Balaban J connectivity index is 1.60. The minimum absolute atomic E-state index is 0.101. The molecule has 28 heavy (non-hydrogen) atoms. The number of halogens is 2. The van der Waals surface area contributed by atoms with Crippen LogP contribution in [-0.4, -0.2) is 28.0 Å². The monoisotopic (exact) mass is 380 g/mol. The van der Waals surface area contributed by atoms with E-state index in [0.29, 0.717) is 0 Å². The van der Waals surface area contributed by atoms with Gasteiger partial charge in [0.25, 0.3) is 0 Å². The first-order chi connectivity index (χ1) is 13.6. The van der Waals surface area contributed by atoms with Crippen molar-refractivity contribution in [2.75, 3.05) is 18.8 Å². The molecule has 0 unspecified atom stereocenters. The van der Waals surface area contributed by atoms with Crippen LogP contribution in [0.1, 0.15) is 30.1 Å². The number of benzene rings is 2. The second-order valence-electron chi connectivity index (χ2n) is 7.11. The summed E-state index contributed by atoms with van der Waals surface area (Å²) in [6.07, 6.45) is 4.53. The molecule has 1 aliphatic heterocycles. The maximum atomic E-state index is 13.8. The molecule has 1 aliphatic rings. The molecular weight excluding hydrogens is 358 g/mol. The molecule has 1 aromatic heterocycles. The number of hydrogen-bond donors (Lipinski definition) is 1. The highest BCUT2D eigenvalue weighted by atomic mass is 19.1. The van der Waals surface area contributed by atoms with E-state index < -0.39 is 0 Å². The van der Waals surface area contributed by atoms with Crippen LogP contribution < -0.4 is 5.73 Å². The molecule has 4 nitrogen and oxygen atoms in total. The summed E-state index contributed by atoms with van der Waals surface area (Å²) < 4.78 is 26.9. The minimum Gasteiger partial charge on any atom is -0.368 e. The van der Waals surface area contributed by atoms with Crippen molar-refractivity contribution in [2.45, 2.75) is 25.3 Å². The van der Waals surface area contributed by atoms with E-state index in [-0.39, 0.29) is 23.6 Å². The summed E-state index contributed by atoms with van der Waals surface area (Å²) in [6.45, 7) is 1.79. The van der Waals surface area contributed by atoms with Gasteiger partial charge in [0.05, 0.1) is 11.7 Å². The molecule has 4 rings (SSSR count). The first-order valence-corrected chi connectivity index (χ1v) is 9.47. The molecule has 0 radical (unpaired) electrons. The topological polar surface area (TPSA) is 55.0 Å². The van der Waals surface area contributed by atoms with Crippen molar-refractivity contribution < 1.29 is 8.78 Å². The summed E-state index contributed by atoms with van der Waals surface area (Å²) >= 11 is 0. The lowest BCUT2D eigenvalue weighted by Gasteiger charge is -2.26. The van der Waals surface area contributed by atoms with Gasteiger partial charge in [0, 0.05) is 18.3 Å². The van der Waals surface area contributed by atoms with Gasteiger partial charge in [-0.25, -0.2) is 18.7 Å². The van der Waals surface area contributed by atoms with Gasteiger partial charge < -0.3 is 5.73 Å². The van der Waals surface area contributed by atoms with Crippen LogP contribution in [0.25, 0.3) is 11.1 Å². The van der Waals surface area contributed by atoms with Crippen molar-refractivity contribution in [1.29, 1.82) is 0 Å². The van der Waals surface area contributed by atoms with Crippen molar-refractivity contribution in [3.05, 3.63) is 77.6 Å². The van der Waals surface area contributed by atoms with Crippen LogP contribution in [0.3, 0.4) is 0 Å². The van der Waals surface area contributed by atoms with Gasteiger partial charge in [-0.3, -0.25) is 4.90 Å². The summed E-state index contributed by atoms with van der Waals surface area (Å²) in [6, 6.07) is 13.2. The van der Waals surface area contributed by atoms with Gasteiger partial charge in [-0.2, -0.15) is 0 Å². The van der Waals surface area contributed by atoms with E-state index in [1.54, 1.807) is 12.3 Å². The molecule has 2 heterocycles. The molecule has 0 amide bonds. The number of nitrogens with zero attached hydrogens (tertiary/aromatic N) is 3. The molecule has 0 aliphatic carbocycles. The quantitative estimate of drug-likeness (QED) is 0.714. The third-order valence-corrected chi connectivity index (χ3v) is 5.25. The van der Waals surface area contributed by atoms with E-state index in [9.17, 15) is 8.78 Å². The van der Waals surface area contributed by atoms with Crippen LogP contribution in [-0.2, 0) is 6.42 Å². The van der Waals surface area contributed by atoms with Gasteiger partial charge in [-0.05, 0) is 61.2 Å². The predicted molar refractivity (Wildman–Crippen MR) is 105 cm³/mol. The van der Waals surface area contributed by atoms with Crippen LogP contribution >= 0.6 is 0 Å². The fourth-order valence-corrected chi connectivity index (χ4v) is 3.87. The van der Waals surface area contributed by atoms with Crippen LogP contribution in [0.15, 0.2) is 54.7 Å². The molecule has 0 spiro atoms. The van der Waals surface area contributed by atoms with E-state index in [2.05, 4.69) is 14.9 Å². The van der Waals surface area contributed by atoms with E-state index >= 15 is 0 Å². The lowest BCUT2D eigenvalue weighted by atomic mass is 9.99. The maximum absolute atomic E-state index is 13.8. The highest BCUT2D eigenvalue weighted by Gasteiger charge is 2.29. The predicted octanol–water partition coefficient (Wildman–Crippen LogP) is 4.38. The Labute approximate surface area is 163 Å². The standard InChI is InChI=1S/C22H22F2N4/c23-17-8-6-15(7-9-17)10-12-28-11-2-5-20(28)21-19(14-26-22(25)27-21)16-3-1-4-18(24)13-16/h1,3-4,6-9,13-14,20H,2,5,10-12H2,(H2,25,26,27)/t20-/m0/s1. The lowest BCUT2D eigenvalue weighted by molar-refractivity contribution is 0.257. The smallest absolute Gasteiger partial charge is 0.220 e. The maximum Gasteiger partial charge on any atom is 0.220 e. The SMILES string of the molecule is Nc1ncc(-c2cccc(F)c2)c([C@@H]2CCCN2CCc2ccc(F)cc2)n1. The molecule has 1 saturated heterocycles. The van der Waals surface area contributed by atoms with E-state index in [4.69, 9.17) is 5.73 Å². The third kappa shape index (κ3) is 4.02. The van der Waals surface area contributed by atoms with E-state index in [1.165, 1.54) is 24.3 Å². The normalized spacial score (nSPS) is 17.1. The summed E-state index contributed by atoms with van der Waals surface area (Å²) in [4.78, 5) is 11.0. The molecule has 144 valence electrons. The van der Waals surface area contributed by atoms with Crippen LogP contribution in [0.2, 0.25) is 0 Å². The summed E-state index contributed by atoms with van der Waals surface area (Å²) in [5.41, 5.74) is 9.38. The first-order valence-electron chi connectivity index (χ1n) is 9.47. The number of anilines is 1. The fourth-order valence-electron chi connectivity index (χ4n) is 3.87. The molecule has 2 aromatic carbocycles. The number of hydrogen-bond acceptors (Lipinski definition) is 4. The van der Waals surface area contributed by atoms with Gasteiger partial charge in [0.15, 0.2) is 0 Å². The fraction of sp³-hybridized carbons (Fsp3) is 0.273. The summed E-state index contributed by atoms with van der Waals surface area (Å²) in [7, 11) is 0. The summed E-state index contributed by atoms with van der Waals surface area (Å²) in [5.74, 6) is -0.292. The Bertz CT molecular complexity index is 959. The first kappa shape index (κ1) is 18.5. The Morgan fingerprint density at radius 3 is 2.68 bits per heavy atom. The van der Waals surface area contributed by atoms with Gasteiger partial charge in [0.1, 0.15) is 11.6 Å². The molecule has 1 fully saturated rings. The van der Waals surface area contributed by atoms with Crippen LogP contribution in [0, 0.1) is 11.6 Å². The average Bonchev–Trinajstić information content (AvgIpc) is 3.16. The Morgan fingerprint density at radius 1 is 1.07 bits per heavy atom. The van der Waals surface area contributed by atoms with Crippen molar-refractivity contribution in [1.82, 2.24) is 14.9 Å². The van der Waals surface area contributed by atoms with Crippen LogP contribution in [0.5, 0.6) is 0 Å². The number of rotatable bonds is 5. The van der Waals surface area contributed by atoms with Gasteiger partial charge in [-0.15, -0.1) is 0 Å². The minimum atomic E-state index is -0.292. The van der Waals surface area contributed by atoms with Gasteiger partial charge in [-0.1, -0.05) is 24.3 Å². The zero-order chi connectivity index (χ0) is 19.5. The number of aromatic nitrogens is 2. The molecule has 1 atom stereocenters. The Morgan fingerprint density at radius 2 is 1.89 bits per heavy atom. The number of nitrogens with two attached hydrogens (primary N) is 1.